The van der Waals surface area contributed by atoms with Gasteiger partial charge in [-0.05, 0) is 33.4 Å². The summed E-state index contributed by atoms with van der Waals surface area (Å²) in [7, 11) is 5.36. The van der Waals surface area contributed by atoms with Crippen LogP contribution in [0.15, 0.2) is 0 Å². The van der Waals surface area contributed by atoms with Crippen LogP contribution in [0.25, 0.3) is 0 Å². The zero-order valence-electron chi connectivity index (χ0n) is 9.95. The maximum atomic E-state index is 11.3. The molecule has 4 nitrogen and oxygen atoms in total. The van der Waals surface area contributed by atoms with Gasteiger partial charge in [0.25, 0.3) is 0 Å². The third-order valence-corrected chi connectivity index (χ3v) is 3.30. The zero-order chi connectivity index (χ0) is 11.3. The smallest absolute Gasteiger partial charge is 0.322 e. The lowest BCUT2D eigenvalue weighted by atomic mass is 9.91. The molecule has 15 heavy (non-hydrogen) atoms. The number of carbonyl (C=O) groups is 1. The molecule has 0 amide bonds. The fourth-order valence-electron chi connectivity index (χ4n) is 1.87. The minimum absolute atomic E-state index is 0.167. The lowest BCUT2D eigenvalue weighted by Crippen LogP contribution is -2.42. The van der Waals surface area contributed by atoms with E-state index < -0.39 is 0 Å². The Bertz CT molecular complexity index is 205. The quantitative estimate of drug-likeness (QED) is 0.658. The second kappa shape index (κ2) is 6.08. The van der Waals surface area contributed by atoms with Gasteiger partial charge in [0.15, 0.2) is 0 Å². The van der Waals surface area contributed by atoms with Crippen LogP contribution in [0.4, 0.5) is 0 Å². The Labute approximate surface area is 92.0 Å². The first kappa shape index (κ1) is 12.5. The van der Waals surface area contributed by atoms with Crippen LogP contribution in [-0.4, -0.2) is 50.7 Å². The third kappa shape index (κ3) is 3.47. The molecule has 88 valence electrons. The Balaban J connectivity index is 2.23. The third-order valence-electron chi connectivity index (χ3n) is 3.30. The van der Waals surface area contributed by atoms with Gasteiger partial charge in [-0.25, -0.2) is 0 Å². The predicted octanol–water partition coefficient (Wildman–Crippen LogP) is 0.622. The normalized spacial score (nSPS) is 18.7. The SMILES string of the molecule is CNC(CCN(C)C1CCC1)C(=O)OC. The van der Waals surface area contributed by atoms with E-state index >= 15 is 0 Å². The maximum absolute atomic E-state index is 11.3. The molecule has 4 heteroatoms. The fraction of sp³-hybridized carbons (Fsp3) is 0.909. The molecule has 0 aromatic carbocycles. The number of rotatable bonds is 6. The molecule has 1 aliphatic rings. The van der Waals surface area contributed by atoms with Crippen molar-refractivity contribution in [3.8, 4) is 0 Å². The molecular weight excluding hydrogens is 192 g/mol. The highest BCUT2D eigenvalue weighted by Gasteiger charge is 2.23. The van der Waals surface area contributed by atoms with Gasteiger partial charge in [0.2, 0.25) is 0 Å². The minimum atomic E-state index is -0.169. The first-order chi connectivity index (χ1) is 7.19. The van der Waals surface area contributed by atoms with Crippen molar-refractivity contribution in [1.82, 2.24) is 10.2 Å². The van der Waals surface area contributed by atoms with E-state index in [1.165, 1.54) is 26.4 Å². The minimum Gasteiger partial charge on any atom is -0.468 e. The molecule has 0 aliphatic heterocycles. The number of esters is 1. The zero-order valence-corrected chi connectivity index (χ0v) is 9.95. The Morgan fingerprint density at radius 3 is 2.67 bits per heavy atom. The molecule has 0 radical (unpaired) electrons. The maximum Gasteiger partial charge on any atom is 0.322 e. The summed E-state index contributed by atoms with van der Waals surface area (Å²) in [4.78, 5) is 13.6. The van der Waals surface area contributed by atoms with E-state index in [2.05, 4.69) is 17.3 Å². The largest absolute Gasteiger partial charge is 0.468 e. The van der Waals surface area contributed by atoms with Crippen molar-refractivity contribution in [2.24, 2.45) is 0 Å². The summed E-state index contributed by atoms with van der Waals surface area (Å²) in [5.74, 6) is -0.167. The average Bonchev–Trinajstić information content (AvgIpc) is 2.15. The Kier molecular flexibility index (Phi) is 5.05. The summed E-state index contributed by atoms with van der Waals surface area (Å²) in [5, 5.41) is 2.98. The highest BCUT2D eigenvalue weighted by atomic mass is 16.5. The van der Waals surface area contributed by atoms with Gasteiger partial charge in [0, 0.05) is 12.6 Å². The van der Waals surface area contributed by atoms with Gasteiger partial charge in [0.1, 0.15) is 6.04 Å². The Morgan fingerprint density at radius 1 is 1.60 bits per heavy atom. The van der Waals surface area contributed by atoms with E-state index in [-0.39, 0.29) is 12.0 Å². The van der Waals surface area contributed by atoms with Gasteiger partial charge < -0.3 is 15.0 Å². The topological polar surface area (TPSA) is 41.6 Å². The van der Waals surface area contributed by atoms with Crippen LogP contribution in [0.3, 0.4) is 0 Å². The van der Waals surface area contributed by atoms with Gasteiger partial charge in [0.05, 0.1) is 7.11 Å². The van der Waals surface area contributed by atoms with E-state index in [1.54, 1.807) is 7.05 Å². The first-order valence-corrected chi connectivity index (χ1v) is 5.64. The molecule has 1 rings (SSSR count). The van der Waals surface area contributed by atoms with Gasteiger partial charge >= 0.3 is 5.97 Å². The summed E-state index contributed by atoms with van der Waals surface area (Å²) in [6.45, 7) is 0.950. The molecule has 1 saturated carbocycles. The lowest BCUT2D eigenvalue weighted by Gasteiger charge is -2.35. The molecule has 0 aromatic rings. The van der Waals surface area contributed by atoms with E-state index in [0.717, 1.165) is 19.0 Å². The second-order valence-corrected chi connectivity index (χ2v) is 4.22. The molecule has 1 aliphatic carbocycles. The summed E-state index contributed by atoms with van der Waals surface area (Å²) in [5.41, 5.74) is 0. The Morgan fingerprint density at radius 2 is 2.27 bits per heavy atom. The van der Waals surface area contributed by atoms with E-state index in [0.29, 0.717) is 0 Å². The first-order valence-electron chi connectivity index (χ1n) is 5.64. The lowest BCUT2D eigenvalue weighted by molar-refractivity contribution is -0.143. The molecule has 0 saturated heterocycles. The van der Waals surface area contributed by atoms with Crippen molar-refractivity contribution in [2.75, 3.05) is 27.7 Å². The van der Waals surface area contributed by atoms with Crippen molar-refractivity contribution in [2.45, 2.75) is 37.8 Å². The van der Waals surface area contributed by atoms with Gasteiger partial charge in [-0.15, -0.1) is 0 Å². The van der Waals surface area contributed by atoms with E-state index in [4.69, 9.17) is 4.74 Å². The number of hydrogen-bond acceptors (Lipinski definition) is 4. The highest BCUT2D eigenvalue weighted by molar-refractivity contribution is 5.75. The summed E-state index contributed by atoms with van der Waals surface area (Å²) < 4.78 is 4.72. The molecular formula is C11H22N2O2. The fourth-order valence-corrected chi connectivity index (χ4v) is 1.87. The summed E-state index contributed by atoms with van der Waals surface area (Å²) in [6, 6.07) is 0.567. The summed E-state index contributed by atoms with van der Waals surface area (Å²) in [6.07, 6.45) is 4.77. The average molecular weight is 214 g/mol. The van der Waals surface area contributed by atoms with Crippen LogP contribution < -0.4 is 5.32 Å². The highest BCUT2D eigenvalue weighted by Crippen LogP contribution is 2.23. The summed E-state index contributed by atoms with van der Waals surface area (Å²) >= 11 is 0. The van der Waals surface area contributed by atoms with Crippen LogP contribution >= 0.6 is 0 Å². The number of nitrogens with zero attached hydrogens (tertiary/aromatic N) is 1. The monoisotopic (exact) mass is 214 g/mol. The van der Waals surface area contributed by atoms with Crippen molar-refractivity contribution < 1.29 is 9.53 Å². The van der Waals surface area contributed by atoms with Crippen molar-refractivity contribution in [3.63, 3.8) is 0 Å². The number of methoxy groups -OCH3 is 1. The molecule has 0 bridgehead atoms. The number of ether oxygens (including phenoxy) is 1. The standard InChI is InChI=1S/C11H22N2O2/c1-12-10(11(14)15-3)7-8-13(2)9-5-4-6-9/h9-10,12H,4-8H2,1-3H3. The van der Waals surface area contributed by atoms with Crippen LogP contribution in [0.1, 0.15) is 25.7 Å². The molecule has 1 N–H and O–H groups in total. The van der Waals surface area contributed by atoms with Crippen LogP contribution in [0, 0.1) is 0 Å². The van der Waals surface area contributed by atoms with Crippen molar-refractivity contribution in [3.05, 3.63) is 0 Å². The molecule has 0 aromatic heterocycles. The Hall–Kier alpha value is -0.610. The second-order valence-electron chi connectivity index (χ2n) is 4.22. The van der Waals surface area contributed by atoms with E-state index in [9.17, 15) is 4.79 Å². The molecule has 1 unspecified atom stereocenters. The van der Waals surface area contributed by atoms with Crippen LogP contribution in [-0.2, 0) is 9.53 Å². The van der Waals surface area contributed by atoms with Gasteiger partial charge in [-0.1, -0.05) is 6.42 Å². The van der Waals surface area contributed by atoms with Crippen LogP contribution in [0.5, 0.6) is 0 Å². The van der Waals surface area contributed by atoms with Crippen molar-refractivity contribution in [1.29, 1.82) is 0 Å². The number of carbonyl (C=O) groups excluding carboxylic acids is 1. The van der Waals surface area contributed by atoms with E-state index in [1.807, 2.05) is 0 Å². The molecule has 1 atom stereocenters. The van der Waals surface area contributed by atoms with Crippen molar-refractivity contribution >= 4 is 5.97 Å². The number of likely N-dealkylation sites (N-methyl/N-ethyl adjacent to an activating group) is 1. The predicted molar refractivity (Wildman–Crippen MR) is 59.7 cm³/mol. The molecule has 0 spiro atoms. The van der Waals surface area contributed by atoms with Gasteiger partial charge in [-0.2, -0.15) is 0 Å². The molecule has 1 fully saturated rings. The number of nitrogens with one attached hydrogen (secondary N) is 1. The van der Waals surface area contributed by atoms with Crippen LogP contribution in [0.2, 0.25) is 0 Å². The van der Waals surface area contributed by atoms with Gasteiger partial charge in [-0.3, -0.25) is 4.79 Å². The molecule has 0 heterocycles. The number of hydrogen-bond donors (Lipinski definition) is 1.